The smallest absolute Gasteiger partial charge is 0.225 e. The van der Waals surface area contributed by atoms with Crippen LogP contribution in [0.2, 0.25) is 0 Å². The highest BCUT2D eigenvalue weighted by molar-refractivity contribution is 7.99. The molecule has 0 aromatic carbocycles. The first-order valence-electron chi connectivity index (χ1n) is 5.39. The highest BCUT2D eigenvalue weighted by Crippen LogP contribution is 2.25. The second-order valence-corrected chi connectivity index (χ2v) is 5.44. The highest BCUT2D eigenvalue weighted by atomic mass is 32.2. The second-order valence-electron chi connectivity index (χ2n) is 4.22. The topological polar surface area (TPSA) is 46.3 Å². The Morgan fingerprint density at radius 2 is 2.00 bits per heavy atom. The van der Waals surface area contributed by atoms with Crippen LogP contribution in [0, 0.1) is 5.92 Å². The van der Waals surface area contributed by atoms with Gasteiger partial charge in [-0.1, -0.05) is 0 Å². The normalized spacial score (nSPS) is 29.5. The van der Waals surface area contributed by atoms with Gasteiger partial charge in [-0.15, -0.1) is 0 Å². The number of nitrogens with zero attached hydrogens (tertiary/aromatic N) is 1. The van der Waals surface area contributed by atoms with Crippen molar-refractivity contribution in [1.82, 2.24) is 4.90 Å². The average Bonchev–Trinajstić information content (AvgIpc) is 2.65. The number of likely N-dealkylation sites (tertiary alicyclic amines) is 1. The van der Waals surface area contributed by atoms with Gasteiger partial charge in [0.2, 0.25) is 5.91 Å². The van der Waals surface area contributed by atoms with Gasteiger partial charge in [0.25, 0.3) is 0 Å². The predicted molar refractivity (Wildman–Crippen MR) is 59.2 cm³/mol. The van der Waals surface area contributed by atoms with Crippen LogP contribution in [-0.2, 0) is 4.79 Å². The minimum absolute atomic E-state index is 0.219. The van der Waals surface area contributed by atoms with E-state index in [1.807, 2.05) is 16.7 Å². The van der Waals surface area contributed by atoms with Gasteiger partial charge in [0.05, 0.1) is 0 Å². The molecule has 2 rings (SSSR count). The van der Waals surface area contributed by atoms with E-state index in [1.165, 1.54) is 0 Å². The predicted octanol–water partition coefficient (Wildman–Crippen LogP) is 0.689. The van der Waals surface area contributed by atoms with Gasteiger partial charge in [0.1, 0.15) is 0 Å². The zero-order valence-corrected chi connectivity index (χ0v) is 9.26. The van der Waals surface area contributed by atoms with Crippen LogP contribution in [-0.4, -0.2) is 41.4 Å². The number of carbonyl (C=O) groups excluding carboxylic acids is 1. The number of thioether (sulfide) groups is 1. The summed E-state index contributed by atoms with van der Waals surface area (Å²) in [7, 11) is 0. The molecular weight excluding hydrogens is 196 g/mol. The summed E-state index contributed by atoms with van der Waals surface area (Å²) in [5, 5.41) is 0. The maximum Gasteiger partial charge on any atom is 0.225 e. The van der Waals surface area contributed by atoms with E-state index in [0.29, 0.717) is 11.8 Å². The molecule has 0 aromatic rings. The Kier molecular flexibility index (Phi) is 3.34. The number of nitrogens with two attached hydrogens (primary N) is 1. The summed E-state index contributed by atoms with van der Waals surface area (Å²) < 4.78 is 0. The summed E-state index contributed by atoms with van der Waals surface area (Å²) in [6.45, 7) is 1.66. The van der Waals surface area contributed by atoms with E-state index in [4.69, 9.17) is 5.73 Å². The Labute approximate surface area is 89.4 Å². The highest BCUT2D eigenvalue weighted by Gasteiger charge is 2.30. The lowest BCUT2D eigenvalue weighted by molar-refractivity contribution is -0.134. The number of rotatable bonds is 1. The van der Waals surface area contributed by atoms with Crippen molar-refractivity contribution in [3.8, 4) is 0 Å². The van der Waals surface area contributed by atoms with Crippen LogP contribution in [0.5, 0.6) is 0 Å². The largest absolute Gasteiger partial charge is 0.341 e. The molecule has 1 unspecified atom stereocenters. The van der Waals surface area contributed by atoms with Crippen molar-refractivity contribution in [1.29, 1.82) is 0 Å². The zero-order valence-electron chi connectivity index (χ0n) is 8.45. The van der Waals surface area contributed by atoms with Crippen LogP contribution in [0.15, 0.2) is 0 Å². The fourth-order valence-corrected chi connectivity index (χ4v) is 3.30. The van der Waals surface area contributed by atoms with Crippen LogP contribution in [0.4, 0.5) is 0 Å². The van der Waals surface area contributed by atoms with E-state index in [-0.39, 0.29) is 6.04 Å². The molecule has 2 saturated heterocycles. The average molecular weight is 214 g/mol. The number of amides is 1. The lowest BCUT2D eigenvalue weighted by Gasteiger charge is -2.25. The van der Waals surface area contributed by atoms with Crippen LogP contribution < -0.4 is 5.73 Å². The first kappa shape index (κ1) is 10.3. The first-order valence-corrected chi connectivity index (χ1v) is 6.55. The van der Waals surface area contributed by atoms with Gasteiger partial charge < -0.3 is 10.6 Å². The number of hydrogen-bond acceptors (Lipinski definition) is 3. The third-order valence-electron chi connectivity index (χ3n) is 3.11. The Morgan fingerprint density at radius 3 is 2.57 bits per heavy atom. The molecule has 0 aromatic heterocycles. The lowest BCUT2D eigenvalue weighted by Crippen LogP contribution is -2.37. The van der Waals surface area contributed by atoms with Crippen molar-refractivity contribution >= 4 is 17.7 Å². The quantitative estimate of drug-likeness (QED) is 0.698. The van der Waals surface area contributed by atoms with Crippen molar-refractivity contribution < 1.29 is 4.79 Å². The van der Waals surface area contributed by atoms with E-state index in [1.54, 1.807) is 0 Å². The monoisotopic (exact) mass is 214 g/mol. The second kappa shape index (κ2) is 4.53. The maximum absolute atomic E-state index is 12.0. The number of hydrogen-bond donors (Lipinski definition) is 1. The van der Waals surface area contributed by atoms with Gasteiger partial charge in [-0.05, 0) is 30.8 Å². The third-order valence-corrected chi connectivity index (χ3v) is 4.16. The van der Waals surface area contributed by atoms with Gasteiger partial charge in [0.15, 0.2) is 0 Å². The maximum atomic E-state index is 12.0. The Bertz CT molecular complexity index is 209. The first-order chi connectivity index (χ1) is 6.77. The van der Waals surface area contributed by atoms with E-state index in [9.17, 15) is 4.79 Å². The molecular formula is C10H18N2OS. The van der Waals surface area contributed by atoms with Gasteiger partial charge in [-0.3, -0.25) is 4.79 Å². The van der Waals surface area contributed by atoms with E-state index in [2.05, 4.69) is 0 Å². The third kappa shape index (κ3) is 2.23. The molecule has 0 saturated carbocycles. The molecule has 14 heavy (non-hydrogen) atoms. The van der Waals surface area contributed by atoms with Crippen molar-refractivity contribution in [2.24, 2.45) is 11.7 Å². The SMILES string of the molecule is NC1CCN(C(=O)C2CCSCC2)C1. The van der Waals surface area contributed by atoms with Crippen LogP contribution in [0.1, 0.15) is 19.3 Å². The van der Waals surface area contributed by atoms with Crippen LogP contribution in [0.25, 0.3) is 0 Å². The molecule has 0 aliphatic carbocycles. The minimum atomic E-state index is 0.219. The van der Waals surface area contributed by atoms with Crippen molar-refractivity contribution in [2.45, 2.75) is 25.3 Å². The molecule has 2 heterocycles. The number of carbonyl (C=O) groups is 1. The van der Waals surface area contributed by atoms with E-state index < -0.39 is 0 Å². The molecule has 2 fully saturated rings. The summed E-state index contributed by atoms with van der Waals surface area (Å²) in [5.74, 6) is 2.95. The zero-order chi connectivity index (χ0) is 9.97. The summed E-state index contributed by atoms with van der Waals surface area (Å²) in [5.41, 5.74) is 5.79. The molecule has 1 amide bonds. The molecule has 0 spiro atoms. The van der Waals surface area contributed by atoms with Gasteiger partial charge in [0, 0.05) is 25.0 Å². The fourth-order valence-electron chi connectivity index (χ4n) is 2.19. The Hall–Kier alpha value is -0.220. The molecule has 2 aliphatic heterocycles. The lowest BCUT2D eigenvalue weighted by atomic mass is 10.0. The van der Waals surface area contributed by atoms with Gasteiger partial charge in [-0.2, -0.15) is 11.8 Å². The molecule has 4 heteroatoms. The van der Waals surface area contributed by atoms with Crippen LogP contribution >= 0.6 is 11.8 Å². The molecule has 2 N–H and O–H groups in total. The summed E-state index contributed by atoms with van der Waals surface area (Å²) >= 11 is 1.96. The van der Waals surface area contributed by atoms with E-state index in [0.717, 1.165) is 43.9 Å². The standard InChI is InChI=1S/C10H18N2OS/c11-9-1-4-12(7-9)10(13)8-2-5-14-6-3-8/h8-9H,1-7,11H2. The summed E-state index contributed by atoms with van der Waals surface area (Å²) in [6, 6.07) is 0.219. The molecule has 1 atom stereocenters. The molecule has 2 aliphatic rings. The molecule has 0 bridgehead atoms. The van der Waals surface area contributed by atoms with E-state index >= 15 is 0 Å². The molecule has 0 radical (unpaired) electrons. The van der Waals surface area contributed by atoms with Crippen molar-refractivity contribution in [3.63, 3.8) is 0 Å². The Morgan fingerprint density at radius 1 is 1.29 bits per heavy atom. The minimum Gasteiger partial charge on any atom is -0.341 e. The van der Waals surface area contributed by atoms with Crippen LogP contribution in [0.3, 0.4) is 0 Å². The van der Waals surface area contributed by atoms with Gasteiger partial charge >= 0.3 is 0 Å². The summed E-state index contributed by atoms with van der Waals surface area (Å²) in [4.78, 5) is 14.0. The molecule has 3 nitrogen and oxygen atoms in total. The van der Waals surface area contributed by atoms with Gasteiger partial charge in [-0.25, -0.2) is 0 Å². The Balaban J connectivity index is 1.87. The van der Waals surface area contributed by atoms with Crippen molar-refractivity contribution in [2.75, 3.05) is 24.6 Å². The molecule has 80 valence electrons. The fraction of sp³-hybridized carbons (Fsp3) is 0.900. The summed E-state index contributed by atoms with van der Waals surface area (Å²) in [6.07, 6.45) is 3.11. The van der Waals surface area contributed by atoms with Crippen molar-refractivity contribution in [3.05, 3.63) is 0 Å².